The van der Waals surface area contributed by atoms with Crippen LogP contribution in [0.25, 0.3) is 0 Å². The van der Waals surface area contributed by atoms with Gasteiger partial charge in [0.15, 0.2) is 0 Å². The number of allylic oxidation sites excluding steroid dienone is 5. The summed E-state index contributed by atoms with van der Waals surface area (Å²) in [6.07, 6.45) is 10.4. The average molecular weight is 501 g/mol. The second-order valence-electron chi connectivity index (χ2n) is 12.9. The highest BCUT2D eigenvalue weighted by Gasteiger charge is 2.30. The van der Waals surface area contributed by atoms with Gasteiger partial charge in [-0.25, -0.2) is 0 Å². The molecule has 2 aromatic carbocycles. The maximum Gasteiger partial charge on any atom is 0.0215 e. The van der Waals surface area contributed by atoms with E-state index in [9.17, 15) is 0 Å². The fraction of sp³-hybridized carbons (Fsp3) is 0.514. The standard InChI is InChI=1S/C25H30.C7H16.C5H10/c1-18-6-10-22(11-7-18)17-25(5,23-12-8-19(2)9-13-23)24-15-20(3)14-21(4)16-24;1-6(2)7(3,4)5;1-4-5(2)3/h6,8-16,18H,7,17H2,1-5H3;6H,1-5H3;2,4H2,1,3H3. The van der Waals surface area contributed by atoms with Gasteiger partial charge in [-0.1, -0.05) is 144 Å². The van der Waals surface area contributed by atoms with Crippen LogP contribution in [0.5, 0.6) is 0 Å². The summed E-state index contributed by atoms with van der Waals surface area (Å²) in [6, 6.07) is 16.1. The molecule has 2 aromatic rings. The smallest absolute Gasteiger partial charge is 0.0215 e. The fourth-order valence-corrected chi connectivity index (χ4v) is 3.90. The maximum atomic E-state index is 3.67. The van der Waals surface area contributed by atoms with Crippen molar-refractivity contribution in [3.05, 3.63) is 106 Å². The lowest BCUT2D eigenvalue weighted by Crippen LogP contribution is -2.25. The van der Waals surface area contributed by atoms with Crippen LogP contribution in [0.15, 0.2) is 78.4 Å². The number of hydrogen-bond donors (Lipinski definition) is 0. The minimum atomic E-state index is -0.0127. The van der Waals surface area contributed by atoms with Crippen LogP contribution < -0.4 is 0 Å². The first-order chi connectivity index (χ1) is 17.1. The van der Waals surface area contributed by atoms with Crippen LogP contribution in [-0.2, 0) is 5.41 Å². The highest BCUT2D eigenvalue weighted by Crippen LogP contribution is 2.40. The van der Waals surface area contributed by atoms with Crippen molar-refractivity contribution in [3.8, 4) is 0 Å². The largest absolute Gasteiger partial charge is 0.100 e. The van der Waals surface area contributed by atoms with Gasteiger partial charge in [-0.3, -0.25) is 0 Å². The second-order valence-corrected chi connectivity index (χ2v) is 12.9. The zero-order valence-corrected chi connectivity index (χ0v) is 26.3. The van der Waals surface area contributed by atoms with Crippen LogP contribution in [0.4, 0.5) is 0 Å². The molecule has 0 nitrogen and oxygen atoms in total. The van der Waals surface area contributed by atoms with Crippen LogP contribution in [0, 0.1) is 38.0 Å². The molecule has 3 rings (SSSR count). The van der Waals surface area contributed by atoms with Crippen molar-refractivity contribution in [2.24, 2.45) is 17.3 Å². The predicted octanol–water partition coefficient (Wildman–Crippen LogP) is 11.5. The molecule has 0 saturated carbocycles. The normalized spacial score (nSPS) is 16.6. The lowest BCUT2D eigenvalue weighted by molar-refractivity contribution is 0.283. The first-order valence-electron chi connectivity index (χ1n) is 14.3. The summed E-state index contributed by atoms with van der Waals surface area (Å²) in [5, 5.41) is 0. The predicted molar refractivity (Wildman–Crippen MR) is 169 cm³/mol. The molecule has 204 valence electrons. The van der Waals surface area contributed by atoms with E-state index >= 15 is 0 Å². The van der Waals surface area contributed by atoms with Gasteiger partial charge in [0.2, 0.25) is 0 Å². The first kappa shape index (κ1) is 32.7. The van der Waals surface area contributed by atoms with Crippen molar-refractivity contribution < 1.29 is 0 Å². The van der Waals surface area contributed by atoms with E-state index in [1.807, 2.05) is 6.92 Å². The van der Waals surface area contributed by atoms with E-state index in [-0.39, 0.29) is 5.41 Å². The number of aryl methyl sites for hydroxylation is 3. The third kappa shape index (κ3) is 11.3. The van der Waals surface area contributed by atoms with Crippen molar-refractivity contribution in [2.45, 2.75) is 108 Å². The van der Waals surface area contributed by atoms with E-state index < -0.39 is 0 Å². The molecule has 0 amide bonds. The van der Waals surface area contributed by atoms with Gasteiger partial charge in [0.05, 0.1) is 0 Å². The second kappa shape index (κ2) is 14.6. The minimum absolute atomic E-state index is 0.0127. The van der Waals surface area contributed by atoms with Gasteiger partial charge < -0.3 is 0 Å². The summed E-state index contributed by atoms with van der Waals surface area (Å²) in [7, 11) is 0. The van der Waals surface area contributed by atoms with Gasteiger partial charge in [0.1, 0.15) is 0 Å². The molecule has 0 N–H and O–H groups in total. The van der Waals surface area contributed by atoms with Gasteiger partial charge in [-0.2, -0.15) is 0 Å². The van der Waals surface area contributed by atoms with E-state index in [1.165, 1.54) is 39.0 Å². The molecule has 0 saturated heterocycles. The van der Waals surface area contributed by atoms with E-state index in [1.54, 1.807) is 0 Å². The van der Waals surface area contributed by atoms with Gasteiger partial charge in [-0.05, 0) is 75.3 Å². The zero-order valence-electron chi connectivity index (χ0n) is 26.3. The molecule has 0 heteroatoms. The lowest BCUT2D eigenvalue weighted by Gasteiger charge is -2.33. The van der Waals surface area contributed by atoms with Gasteiger partial charge >= 0.3 is 0 Å². The van der Waals surface area contributed by atoms with Gasteiger partial charge in [0, 0.05) is 5.41 Å². The van der Waals surface area contributed by atoms with Gasteiger partial charge in [-0.15, -0.1) is 6.58 Å². The van der Waals surface area contributed by atoms with Gasteiger partial charge in [0.25, 0.3) is 0 Å². The third-order valence-electron chi connectivity index (χ3n) is 7.83. The van der Waals surface area contributed by atoms with Crippen LogP contribution in [0.3, 0.4) is 0 Å². The monoisotopic (exact) mass is 500 g/mol. The molecule has 1 aliphatic rings. The van der Waals surface area contributed by atoms with Crippen LogP contribution in [0.1, 0.15) is 109 Å². The Hall–Kier alpha value is -2.34. The summed E-state index contributed by atoms with van der Waals surface area (Å²) in [5.41, 5.74) is 10.0. The molecule has 0 spiro atoms. The summed E-state index contributed by atoms with van der Waals surface area (Å²) in [5.74, 6) is 1.46. The van der Waals surface area contributed by atoms with E-state index in [4.69, 9.17) is 0 Å². The molecule has 0 heterocycles. The number of benzene rings is 2. The summed E-state index contributed by atoms with van der Waals surface area (Å²) in [4.78, 5) is 0. The SMILES string of the molecule is C=C(C)CC.CC(C)C(C)(C)C.Cc1ccc(C(C)(CC2=CCC(C)C=C2)c2cc(C)cc(C)c2)cc1. The average Bonchev–Trinajstić information content (AvgIpc) is 2.80. The molecule has 0 bridgehead atoms. The molecule has 1 aliphatic carbocycles. The fourth-order valence-electron chi connectivity index (χ4n) is 3.90. The summed E-state index contributed by atoms with van der Waals surface area (Å²) >= 11 is 0. The molecular weight excluding hydrogens is 444 g/mol. The molecule has 2 atom stereocenters. The van der Waals surface area contributed by atoms with Crippen LogP contribution >= 0.6 is 0 Å². The van der Waals surface area contributed by atoms with Crippen molar-refractivity contribution >= 4 is 0 Å². The van der Waals surface area contributed by atoms with E-state index in [2.05, 4.69) is 143 Å². The topological polar surface area (TPSA) is 0 Å². The number of rotatable bonds is 5. The molecule has 37 heavy (non-hydrogen) atoms. The Kier molecular flexibility index (Phi) is 12.9. The lowest BCUT2D eigenvalue weighted by atomic mass is 9.70. The molecule has 0 aromatic heterocycles. The molecule has 0 radical (unpaired) electrons. The maximum absolute atomic E-state index is 3.67. The Bertz CT molecular complexity index is 1020. The molecule has 0 aliphatic heterocycles. The van der Waals surface area contributed by atoms with Crippen molar-refractivity contribution in [3.63, 3.8) is 0 Å². The quantitative estimate of drug-likeness (QED) is 0.358. The highest BCUT2D eigenvalue weighted by atomic mass is 14.3. The number of hydrogen-bond acceptors (Lipinski definition) is 0. The first-order valence-corrected chi connectivity index (χ1v) is 14.3. The van der Waals surface area contributed by atoms with Crippen molar-refractivity contribution in [1.29, 1.82) is 0 Å². The Morgan fingerprint density at radius 2 is 1.38 bits per heavy atom. The van der Waals surface area contributed by atoms with Crippen molar-refractivity contribution in [2.75, 3.05) is 0 Å². The molecular formula is C37H56. The van der Waals surface area contributed by atoms with Crippen LogP contribution in [0.2, 0.25) is 0 Å². The van der Waals surface area contributed by atoms with E-state index in [0.717, 1.165) is 25.2 Å². The summed E-state index contributed by atoms with van der Waals surface area (Å²) < 4.78 is 0. The minimum Gasteiger partial charge on any atom is -0.100 e. The Labute approximate surface area is 231 Å². The Morgan fingerprint density at radius 1 is 0.892 bits per heavy atom. The highest BCUT2D eigenvalue weighted by molar-refractivity contribution is 5.45. The molecule has 0 fully saturated rings. The Balaban J connectivity index is 0.000000476. The molecule has 2 unspecified atom stereocenters. The van der Waals surface area contributed by atoms with Crippen LogP contribution in [-0.4, -0.2) is 0 Å². The Morgan fingerprint density at radius 3 is 1.76 bits per heavy atom. The van der Waals surface area contributed by atoms with Crippen molar-refractivity contribution in [1.82, 2.24) is 0 Å². The zero-order chi connectivity index (χ0) is 28.4. The van der Waals surface area contributed by atoms with E-state index in [0.29, 0.717) is 11.3 Å². The summed E-state index contributed by atoms with van der Waals surface area (Å²) in [6.45, 7) is 30.3. The third-order valence-corrected chi connectivity index (χ3v) is 7.83.